The van der Waals surface area contributed by atoms with Crippen LogP contribution in [0.5, 0.6) is 0 Å². The molecule has 1 amide bonds. The number of hydrogen-bond acceptors (Lipinski definition) is 4. The Morgan fingerprint density at radius 2 is 2.38 bits per heavy atom. The topological polar surface area (TPSA) is 54.5 Å². The third-order valence-electron chi connectivity index (χ3n) is 3.62. The van der Waals surface area contributed by atoms with Gasteiger partial charge in [0, 0.05) is 52.2 Å². The van der Waals surface area contributed by atoms with E-state index in [1.807, 2.05) is 23.2 Å². The van der Waals surface area contributed by atoms with E-state index in [9.17, 15) is 4.79 Å². The first kappa shape index (κ1) is 17.9. The average molecular weight is 314 g/mol. The number of unbranched alkanes of at least 4 members (excludes halogenated alkanes) is 1. The summed E-state index contributed by atoms with van der Waals surface area (Å²) in [5.41, 5.74) is 1.10. The van der Waals surface area contributed by atoms with Crippen LogP contribution in [0.3, 0.4) is 0 Å². The highest BCUT2D eigenvalue weighted by atomic mass is 35.5. The van der Waals surface area contributed by atoms with E-state index in [0.717, 1.165) is 44.6 Å². The van der Waals surface area contributed by atoms with Crippen molar-refractivity contribution in [2.75, 3.05) is 33.4 Å². The van der Waals surface area contributed by atoms with Crippen molar-refractivity contribution in [1.82, 2.24) is 15.2 Å². The normalized spacial score (nSPS) is 18.1. The summed E-state index contributed by atoms with van der Waals surface area (Å²) in [7, 11) is 1.69. The number of piperazine rings is 1. The molecule has 1 aliphatic rings. The van der Waals surface area contributed by atoms with Crippen molar-refractivity contribution >= 4 is 18.3 Å². The molecule has 0 radical (unpaired) electrons. The lowest BCUT2D eigenvalue weighted by Crippen LogP contribution is -2.48. The van der Waals surface area contributed by atoms with Gasteiger partial charge in [0.15, 0.2) is 0 Å². The third-order valence-corrected chi connectivity index (χ3v) is 3.62. The van der Waals surface area contributed by atoms with Gasteiger partial charge in [0.2, 0.25) is 5.91 Å². The Labute approximate surface area is 132 Å². The molecule has 0 aromatic carbocycles. The summed E-state index contributed by atoms with van der Waals surface area (Å²) in [5.74, 6) is 0.233. The molecule has 21 heavy (non-hydrogen) atoms. The number of nitrogens with zero attached hydrogens (tertiary/aromatic N) is 2. The monoisotopic (exact) mass is 313 g/mol. The van der Waals surface area contributed by atoms with Gasteiger partial charge in [0.25, 0.3) is 0 Å². The SMILES string of the molecule is COCCCCC(=O)N1CCNCC1c1cccnc1.Cl. The van der Waals surface area contributed by atoms with Crippen molar-refractivity contribution in [1.29, 1.82) is 0 Å². The van der Waals surface area contributed by atoms with Gasteiger partial charge >= 0.3 is 0 Å². The maximum Gasteiger partial charge on any atom is 0.223 e. The molecular formula is C15H24ClN3O2. The van der Waals surface area contributed by atoms with E-state index < -0.39 is 0 Å². The summed E-state index contributed by atoms with van der Waals surface area (Å²) >= 11 is 0. The molecule has 6 heteroatoms. The first-order valence-corrected chi connectivity index (χ1v) is 7.22. The first-order valence-electron chi connectivity index (χ1n) is 7.22. The Hall–Kier alpha value is -1.17. The average Bonchev–Trinajstić information content (AvgIpc) is 2.52. The highest BCUT2D eigenvalue weighted by Gasteiger charge is 2.27. The second-order valence-corrected chi connectivity index (χ2v) is 5.04. The molecule has 1 aliphatic heterocycles. The maximum atomic E-state index is 12.4. The molecule has 1 aromatic rings. The zero-order valence-electron chi connectivity index (χ0n) is 12.5. The molecule has 1 fully saturated rings. The zero-order valence-corrected chi connectivity index (χ0v) is 13.3. The van der Waals surface area contributed by atoms with Crippen molar-refractivity contribution in [3.05, 3.63) is 30.1 Å². The number of rotatable bonds is 6. The van der Waals surface area contributed by atoms with Crippen LogP contribution in [0.1, 0.15) is 30.9 Å². The van der Waals surface area contributed by atoms with Crippen molar-refractivity contribution in [3.8, 4) is 0 Å². The van der Waals surface area contributed by atoms with E-state index in [-0.39, 0.29) is 24.4 Å². The lowest BCUT2D eigenvalue weighted by Gasteiger charge is -2.36. The molecule has 1 unspecified atom stereocenters. The van der Waals surface area contributed by atoms with E-state index in [2.05, 4.69) is 10.3 Å². The molecule has 5 nitrogen and oxygen atoms in total. The number of hydrogen-bond donors (Lipinski definition) is 1. The van der Waals surface area contributed by atoms with E-state index in [0.29, 0.717) is 6.42 Å². The highest BCUT2D eigenvalue weighted by molar-refractivity contribution is 5.85. The lowest BCUT2D eigenvalue weighted by atomic mass is 10.0. The summed E-state index contributed by atoms with van der Waals surface area (Å²) in [6, 6.07) is 4.06. The molecule has 1 N–H and O–H groups in total. The van der Waals surface area contributed by atoms with Crippen LogP contribution in [0, 0.1) is 0 Å². The molecule has 1 saturated heterocycles. The Balaban J connectivity index is 0.00000220. The summed E-state index contributed by atoms with van der Waals surface area (Å²) in [5, 5.41) is 3.35. The molecular weight excluding hydrogens is 290 g/mol. The predicted octanol–water partition coefficient (Wildman–Crippen LogP) is 1.79. The van der Waals surface area contributed by atoms with E-state index in [1.165, 1.54) is 0 Å². The van der Waals surface area contributed by atoms with Crippen molar-refractivity contribution < 1.29 is 9.53 Å². The van der Waals surface area contributed by atoms with Crippen molar-refractivity contribution in [2.45, 2.75) is 25.3 Å². The Morgan fingerprint density at radius 1 is 1.52 bits per heavy atom. The fraction of sp³-hybridized carbons (Fsp3) is 0.600. The number of pyridine rings is 1. The number of halogens is 1. The minimum atomic E-state index is 0. The van der Waals surface area contributed by atoms with Crippen LogP contribution < -0.4 is 5.32 Å². The van der Waals surface area contributed by atoms with Gasteiger partial charge in [0.1, 0.15) is 0 Å². The van der Waals surface area contributed by atoms with Crippen molar-refractivity contribution in [2.24, 2.45) is 0 Å². The largest absolute Gasteiger partial charge is 0.385 e. The number of ether oxygens (including phenoxy) is 1. The zero-order chi connectivity index (χ0) is 14.2. The molecule has 0 aliphatic carbocycles. The second-order valence-electron chi connectivity index (χ2n) is 5.04. The van der Waals surface area contributed by atoms with Crippen LogP contribution >= 0.6 is 12.4 Å². The van der Waals surface area contributed by atoms with Gasteiger partial charge in [-0.25, -0.2) is 0 Å². The molecule has 1 atom stereocenters. The van der Waals surface area contributed by atoms with Crippen LogP contribution in [0.4, 0.5) is 0 Å². The summed E-state index contributed by atoms with van der Waals surface area (Å²) in [4.78, 5) is 18.5. The minimum absolute atomic E-state index is 0. The predicted molar refractivity (Wildman–Crippen MR) is 84.5 cm³/mol. The fourth-order valence-corrected chi connectivity index (χ4v) is 2.54. The second kappa shape index (κ2) is 9.71. The van der Waals surface area contributed by atoms with Gasteiger partial charge in [-0.05, 0) is 24.5 Å². The Bertz CT molecular complexity index is 417. The number of nitrogens with one attached hydrogen (secondary N) is 1. The fourth-order valence-electron chi connectivity index (χ4n) is 2.54. The molecule has 2 heterocycles. The number of amides is 1. The van der Waals surface area contributed by atoms with Crippen LogP contribution in [0.25, 0.3) is 0 Å². The standard InChI is InChI=1S/C15H23N3O2.ClH/c1-20-10-3-2-6-15(19)18-9-8-17-12-14(18)13-5-4-7-16-11-13;/h4-5,7,11,14,17H,2-3,6,8-10,12H2,1H3;1H. The highest BCUT2D eigenvalue weighted by Crippen LogP contribution is 2.22. The van der Waals surface area contributed by atoms with Crippen LogP contribution in [-0.4, -0.2) is 49.1 Å². The molecule has 0 spiro atoms. The molecule has 2 rings (SSSR count). The van der Waals surface area contributed by atoms with Crippen LogP contribution in [0.15, 0.2) is 24.5 Å². The lowest BCUT2D eigenvalue weighted by molar-refractivity contribution is -0.134. The van der Waals surface area contributed by atoms with Gasteiger partial charge in [-0.2, -0.15) is 0 Å². The first-order chi connectivity index (χ1) is 9.83. The minimum Gasteiger partial charge on any atom is -0.385 e. The van der Waals surface area contributed by atoms with Crippen LogP contribution in [0.2, 0.25) is 0 Å². The number of carbonyl (C=O) groups is 1. The van der Waals surface area contributed by atoms with E-state index in [1.54, 1.807) is 13.3 Å². The van der Waals surface area contributed by atoms with Crippen molar-refractivity contribution in [3.63, 3.8) is 0 Å². The molecule has 0 saturated carbocycles. The summed E-state index contributed by atoms with van der Waals surface area (Å²) < 4.78 is 5.02. The molecule has 0 bridgehead atoms. The van der Waals surface area contributed by atoms with Gasteiger partial charge in [-0.1, -0.05) is 6.07 Å². The Kier molecular flexibility index (Phi) is 8.27. The third kappa shape index (κ3) is 5.26. The quantitative estimate of drug-likeness (QED) is 0.814. The Morgan fingerprint density at radius 3 is 3.10 bits per heavy atom. The maximum absolute atomic E-state index is 12.4. The number of methoxy groups -OCH3 is 1. The number of aromatic nitrogens is 1. The summed E-state index contributed by atoms with van der Waals surface area (Å²) in [6.45, 7) is 3.15. The van der Waals surface area contributed by atoms with E-state index >= 15 is 0 Å². The van der Waals surface area contributed by atoms with E-state index in [4.69, 9.17) is 4.74 Å². The van der Waals surface area contributed by atoms with Gasteiger partial charge < -0.3 is 15.0 Å². The smallest absolute Gasteiger partial charge is 0.223 e. The van der Waals surface area contributed by atoms with Gasteiger partial charge in [-0.3, -0.25) is 9.78 Å². The number of carbonyl (C=O) groups excluding carboxylic acids is 1. The van der Waals surface area contributed by atoms with Gasteiger partial charge in [0.05, 0.1) is 6.04 Å². The van der Waals surface area contributed by atoms with Gasteiger partial charge in [-0.15, -0.1) is 12.4 Å². The van der Waals surface area contributed by atoms with Crippen LogP contribution in [-0.2, 0) is 9.53 Å². The summed E-state index contributed by atoms with van der Waals surface area (Å²) in [6.07, 6.45) is 6.03. The molecule has 1 aromatic heterocycles. The molecule has 118 valence electrons.